The van der Waals surface area contributed by atoms with Crippen molar-refractivity contribution < 1.29 is 9.53 Å². The van der Waals surface area contributed by atoms with Crippen molar-refractivity contribution in [2.75, 3.05) is 19.0 Å². The first-order valence-corrected chi connectivity index (χ1v) is 9.45. The molecule has 160 valence electrons. The lowest BCUT2D eigenvalue weighted by Gasteiger charge is -2.12. The number of hydrogen-bond acceptors (Lipinski definition) is 7. The average molecular weight is 424 g/mol. The number of fused-ring (bicyclic) bond motifs is 1. The van der Waals surface area contributed by atoms with Gasteiger partial charge in [0.2, 0.25) is 11.9 Å². The van der Waals surface area contributed by atoms with Crippen molar-refractivity contribution in [2.24, 2.45) is 0 Å². The summed E-state index contributed by atoms with van der Waals surface area (Å²) >= 11 is 0. The van der Waals surface area contributed by atoms with Crippen LogP contribution in [0.4, 0.5) is 5.95 Å². The summed E-state index contributed by atoms with van der Waals surface area (Å²) in [5.74, 6) is -0.474. The van der Waals surface area contributed by atoms with Gasteiger partial charge >= 0.3 is 5.69 Å². The molecule has 4 aromatic rings. The zero-order chi connectivity index (χ0) is 21.8. The number of anilines is 1. The van der Waals surface area contributed by atoms with Crippen LogP contribution in [0.2, 0.25) is 0 Å². The van der Waals surface area contributed by atoms with E-state index >= 15 is 0 Å². The first-order valence-electron chi connectivity index (χ1n) is 9.45. The third-order valence-electron chi connectivity index (χ3n) is 4.68. The second-order valence-corrected chi connectivity index (χ2v) is 6.73. The molecule has 0 aliphatic rings. The van der Waals surface area contributed by atoms with Gasteiger partial charge in [-0.2, -0.15) is 10.1 Å². The van der Waals surface area contributed by atoms with E-state index in [4.69, 9.17) is 4.74 Å². The van der Waals surface area contributed by atoms with Gasteiger partial charge in [-0.15, -0.1) is 0 Å². The van der Waals surface area contributed by atoms with Crippen molar-refractivity contribution >= 4 is 23.0 Å². The number of methoxy groups -OCH3 is 1. The summed E-state index contributed by atoms with van der Waals surface area (Å²) < 4.78 is 9.00. The van der Waals surface area contributed by atoms with Gasteiger partial charge < -0.3 is 9.30 Å². The maximum Gasteiger partial charge on any atom is 0.333 e. The van der Waals surface area contributed by atoms with Crippen LogP contribution in [0.3, 0.4) is 0 Å². The van der Waals surface area contributed by atoms with E-state index in [1.54, 1.807) is 11.7 Å². The van der Waals surface area contributed by atoms with Crippen molar-refractivity contribution in [2.45, 2.75) is 19.6 Å². The van der Waals surface area contributed by atoms with Gasteiger partial charge in [-0.3, -0.25) is 19.5 Å². The molecule has 0 aliphatic heterocycles. The van der Waals surface area contributed by atoms with Gasteiger partial charge in [-0.25, -0.2) is 19.4 Å². The van der Waals surface area contributed by atoms with Crippen molar-refractivity contribution in [3.8, 4) is 0 Å². The summed E-state index contributed by atoms with van der Waals surface area (Å²) in [6, 6.07) is 9.32. The summed E-state index contributed by atoms with van der Waals surface area (Å²) in [5, 5.41) is 8.60. The minimum Gasteiger partial charge on any atom is -0.383 e. The third kappa shape index (κ3) is 4.14. The normalized spacial score (nSPS) is 11.1. The number of benzene rings is 1. The highest BCUT2D eigenvalue weighted by Gasteiger charge is 2.20. The van der Waals surface area contributed by atoms with Crippen LogP contribution in [0.15, 0.2) is 52.6 Å². The van der Waals surface area contributed by atoms with Gasteiger partial charge in [0.1, 0.15) is 12.9 Å². The van der Waals surface area contributed by atoms with E-state index in [0.717, 1.165) is 10.1 Å². The van der Waals surface area contributed by atoms with Crippen molar-refractivity contribution in [1.82, 2.24) is 33.9 Å². The lowest BCUT2D eigenvalue weighted by atomic mass is 10.2. The van der Waals surface area contributed by atoms with E-state index < -0.39 is 23.7 Å². The molecular weight excluding hydrogens is 404 g/mol. The maximum absolute atomic E-state index is 13.2. The molecule has 12 nitrogen and oxygen atoms in total. The van der Waals surface area contributed by atoms with Crippen LogP contribution in [0.5, 0.6) is 0 Å². The lowest BCUT2D eigenvalue weighted by molar-refractivity contribution is -0.116. The number of ether oxygens (including phenoxy) is 1. The van der Waals surface area contributed by atoms with Crippen LogP contribution in [0, 0.1) is 0 Å². The molecule has 3 aromatic heterocycles. The lowest BCUT2D eigenvalue weighted by Crippen LogP contribution is -2.43. The topological polar surface area (TPSA) is 142 Å². The van der Waals surface area contributed by atoms with E-state index in [0.29, 0.717) is 13.2 Å². The highest BCUT2D eigenvalue weighted by molar-refractivity contribution is 5.88. The number of amides is 1. The monoisotopic (exact) mass is 424 g/mol. The minimum atomic E-state index is -0.633. The fraction of sp³-hybridized carbons (Fsp3) is 0.263. The SMILES string of the molecule is COCCn1cnc2c1c(=O)n(CC(=O)Nc1ncn[nH]1)c(=O)n2Cc1ccccc1. The number of nitrogens with one attached hydrogen (secondary N) is 2. The number of aromatic amines is 1. The fourth-order valence-electron chi connectivity index (χ4n) is 3.23. The Labute approximate surface area is 175 Å². The minimum absolute atomic E-state index is 0.119. The summed E-state index contributed by atoms with van der Waals surface area (Å²) in [6.45, 7) is 0.435. The molecule has 1 amide bonds. The molecule has 0 aliphatic carbocycles. The predicted octanol–water partition coefficient (Wildman–Crippen LogP) is -0.189. The largest absolute Gasteiger partial charge is 0.383 e. The number of hydrogen-bond donors (Lipinski definition) is 2. The smallest absolute Gasteiger partial charge is 0.333 e. The molecule has 0 radical (unpaired) electrons. The highest BCUT2D eigenvalue weighted by Crippen LogP contribution is 2.10. The Morgan fingerprint density at radius 1 is 1.16 bits per heavy atom. The number of imidazole rings is 1. The molecule has 2 N–H and O–H groups in total. The van der Waals surface area contributed by atoms with E-state index in [2.05, 4.69) is 25.5 Å². The van der Waals surface area contributed by atoms with Gasteiger partial charge in [0.15, 0.2) is 11.2 Å². The van der Waals surface area contributed by atoms with Crippen molar-refractivity contribution in [3.63, 3.8) is 0 Å². The van der Waals surface area contributed by atoms with E-state index in [9.17, 15) is 14.4 Å². The second-order valence-electron chi connectivity index (χ2n) is 6.73. The van der Waals surface area contributed by atoms with Crippen LogP contribution in [-0.4, -0.2) is 53.5 Å². The summed E-state index contributed by atoms with van der Waals surface area (Å²) in [7, 11) is 1.55. The molecule has 12 heteroatoms. The molecule has 3 heterocycles. The van der Waals surface area contributed by atoms with Crippen LogP contribution in [-0.2, 0) is 29.2 Å². The Bertz CT molecular complexity index is 1300. The van der Waals surface area contributed by atoms with Gasteiger partial charge in [0, 0.05) is 13.7 Å². The summed E-state index contributed by atoms with van der Waals surface area (Å²) in [5.41, 5.74) is 0.0900. The number of rotatable bonds is 8. The van der Waals surface area contributed by atoms with Crippen molar-refractivity contribution in [3.05, 3.63) is 69.4 Å². The molecule has 0 unspecified atom stereocenters. The zero-order valence-electron chi connectivity index (χ0n) is 16.7. The quantitative estimate of drug-likeness (QED) is 0.399. The van der Waals surface area contributed by atoms with E-state index in [-0.39, 0.29) is 23.7 Å². The number of H-pyrrole nitrogens is 1. The highest BCUT2D eigenvalue weighted by atomic mass is 16.5. The number of nitrogens with zero attached hydrogens (tertiary/aromatic N) is 6. The molecule has 0 fully saturated rings. The molecule has 0 saturated heterocycles. The molecule has 0 saturated carbocycles. The Balaban J connectivity index is 1.81. The van der Waals surface area contributed by atoms with E-state index in [1.165, 1.54) is 17.2 Å². The summed E-state index contributed by atoms with van der Waals surface area (Å²) in [6.07, 6.45) is 2.72. The molecule has 0 atom stereocenters. The predicted molar refractivity (Wildman–Crippen MR) is 111 cm³/mol. The molecule has 1 aromatic carbocycles. The molecule has 0 bridgehead atoms. The summed E-state index contributed by atoms with van der Waals surface area (Å²) in [4.78, 5) is 46.9. The first-order chi connectivity index (χ1) is 15.1. The Hall–Kier alpha value is -4.06. The van der Waals surface area contributed by atoms with Gasteiger partial charge in [-0.05, 0) is 5.56 Å². The fourth-order valence-corrected chi connectivity index (χ4v) is 3.23. The molecule has 31 heavy (non-hydrogen) atoms. The van der Waals surface area contributed by atoms with Crippen LogP contribution < -0.4 is 16.6 Å². The number of carbonyl (C=O) groups excluding carboxylic acids is 1. The van der Waals surface area contributed by atoms with E-state index in [1.807, 2.05) is 30.3 Å². The third-order valence-corrected chi connectivity index (χ3v) is 4.68. The first kappa shape index (κ1) is 20.2. The number of aromatic nitrogens is 7. The second kappa shape index (κ2) is 8.75. The Kier molecular flexibility index (Phi) is 5.71. The number of carbonyl (C=O) groups is 1. The van der Waals surface area contributed by atoms with Crippen LogP contribution in [0.1, 0.15) is 5.56 Å². The van der Waals surface area contributed by atoms with Gasteiger partial charge in [-0.1, -0.05) is 30.3 Å². The Morgan fingerprint density at radius 2 is 1.97 bits per heavy atom. The maximum atomic E-state index is 13.2. The molecule has 4 rings (SSSR count). The Morgan fingerprint density at radius 3 is 2.68 bits per heavy atom. The van der Waals surface area contributed by atoms with Crippen molar-refractivity contribution in [1.29, 1.82) is 0 Å². The van der Waals surface area contributed by atoms with Gasteiger partial charge in [0.05, 0.1) is 19.5 Å². The standard InChI is InChI=1S/C19H20N8O4/c1-31-8-7-25-12-21-16-15(25)17(29)27(10-14(28)23-18-20-11-22-24-18)19(30)26(16)9-13-5-3-2-4-6-13/h2-6,11-12H,7-10H2,1H3,(H2,20,22,23,24,28). The van der Waals surface area contributed by atoms with Gasteiger partial charge in [0.25, 0.3) is 5.56 Å². The zero-order valence-corrected chi connectivity index (χ0v) is 16.7. The molecular formula is C19H20N8O4. The van der Waals surface area contributed by atoms with Crippen LogP contribution >= 0.6 is 0 Å². The average Bonchev–Trinajstić information content (AvgIpc) is 3.43. The van der Waals surface area contributed by atoms with Crippen LogP contribution in [0.25, 0.3) is 11.2 Å². The molecule has 0 spiro atoms.